The molecule has 0 saturated heterocycles. The zero-order valence-electron chi connectivity index (χ0n) is 10.3. The summed E-state index contributed by atoms with van der Waals surface area (Å²) >= 11 is 0. The molecule has 0 aliphatic heterocycles. The molecule has 5 nitrogen and oxygen atoms in total. The van der Waals surface area contributed by atoms with Crippen molar-refractivity contribution in [3.05, 3.63) is 35.2 Å². The van der Waals surface area contributed by atoms with E-state index in [9.17, 15) is 4.79 Å². The molecular formula is C12H16N4O. The Balaban J connectivity index is 2.15. The van der Waals surface area contributed by atoms with Gasteiger partial charge in [-0.15, -0.1) is 0 Å². The summed E-state index contributed by atoms with van der Waals surface area (Å²) in [5, 5.41) is 4.36. The molecule has 0 radical (unpaired) electrons. The molecule has 0 atom stereocenters. The van der Waals surface area contributed by atoms with Crippen LogP contribution in [-0.2, 0) is 20.0 Å². The lowest BCUT2D eigenvalue weighted by molar-refractivity contribution is 0.112. The summed E-state index contributed by atoms with van der Waals surface area (Å²) in [6.45, 7) is 4.52. The van der Waals surface area contributed by atoms with Gasteiger partial charge >= 0.3 is 0 Å². The van der Waals surface area contributed by atoms with Crippen LogP contribution in [0.3, 0.4) is 0 Å². The van der Waals surface area contributed by atoms with Gasteiger partial charge in [0.1, 0.15) is 5.82 Å². The predicted molar refractivity (Wildman–Crippen MR) is 64.0 cm³/mol. The van der Waals surface area contributed by atoms with Crippen molar-refractivity contribution in [3.8, 4) is 0 Å². The zero-order valence-corrected chi connectivity index (χ0v) is 10.3. The smallest absolute Gasteiger partial charge is 0.153 e. The first-order valence-electron chi connectivity index (χ1n) is 5.59. The van der Waals surface area contributed by atoms with Crippen LogP contribution in [0.4, 0.5) is 0 Å². The van der Waals surface area contributed by atoms with Crippen molar-refractivity contribution in [1.82, 2.24) is 19.3 Å². The van der Waals surface area contributed by atoms with Crippen molar-refractivity contribution in [3.63, 3.8) is 0 Å². The van der Waals surface area contributed by atoms with Crippen LogP contribution in [0.15, 0.2) is 12.4 Å². The number of aldehydes is 1. The molecular weight excluding hydrogens is 216 g/mol. The fraction of sp³-hybridized carbons (Fsp3) is 0.417. The number of nitrogens with zero attached hydrogens (tertiary/aromatic N) is 4. The summed E-state index contributed by atoms with van der Waals surface area (Å²) in [5.41, 5.74) is 2.41. The van der Waals surface area contributed by atoms with E-state index in [0.29, 0.717) is 5.56 Å². The van der Waals surface area contributed by atoms with Gasteiger partial charge in [0.2, 0.25) is 0 Å². The quantitative estimate of drug-likeness (QED) is 0.746. The highest BCUT2D eigenvalue weighted by Crippen LogP contribution is 2.11. The van der Waals surface area contributed by atoms with Crippen molar-refractivity contribution in [1.29, 1.82) is 0 Å². The van der Waals surface area contributed by atoms with E-state index in [1.54, 1.807) is 6.20 Å². The molecule has 0 spiro atoms. The zero-order chi connectivity index (χ0) is 12.4. The number of carbonyl (C=O) groups excluding carboxylic acids is 1. The highest BCUT2D eigenvalue weighted by molar-refractivity contribution is 5.77. The fourth-order valence-corrected chi connectivity index (χ4v) is 1.94. The molecule has 0 amide bonds. The molecule has 90 valence electrons. The Labute approximate surface area is 100 Å². The van der Waals surface area contributed by atoms with Gasteiger partial charge in [-0.05, 0) is 13.8 Å². The van der Waals surface area contributed by atoms with Crippen molar-refractivity contribution in [2.24, 2.45) is 7.05 Å². The minimum absolute atomic E-state index is 0.699. The van der Waals surface area contributed by atoms with Gasteiger partial charge in [0.25, 0.3) is 0 Å². The Kier molecular flexibility index (Phi) is 3.08. The van der Waals surface area contributed by atoms with Gasteiger partial charge in [-0.25, -0.2) is 4.98 Å². The number of hydrogen-bond donors (Lipinski definition) is 0. The summed E-state index contributed by atoms with van der Waals surface area (Å²) in [7, 11) is 1.97. The van der Waals surface area contributed by atoms with Crippen molar-refractivity contribution >= 4 is 6.29 Å². The Morgan fingerprint density at radius 3 is 2.71 bits per heavy atom. The lowest BCUT2D eigenvalue weighted by Crippen LogP contribution is -2.08. The van der Waals surface area contributed by atoms with Gasteiger partial charge in [0.15, 0.2) is 6.29 Å². The van der Waals surface area contributed by atoms with Crippen LogP contribution in [0.5, 0.6) is 0 Å². The minimum atomic E-state index is 0.699. The third-order valence-electron chi connectivity index (χ3n) is 3.02. The highest BCUT2D eigenvalue weighted by atomic mass is 16.1. The summed E-state index contributed by atoms with van der Waals surface area (Å²) in [4.78, 5) is 15.1. The number of rotatable bonds is 4. The molecule has 2 aromatic heterocycles. The summed E-state index contributed by atoms with van der Waals surface area (Å²) in [5.74, 6) is 1.02. The molecule has 5 heteroatoms. The van der Waals surface area contributed by atoms with Gasteiger partial charge < -0.3 is 4.57 Å². The molecule has 2 heterocycles. The normalized spacial score (nSPS) is 10.8. The van der Waals surface area contributed by atoms with Crippen LogP contribution in [-0.4, -0.2) is 25.6 Å². The molecule has 2 aromatic rings. The lowest BCUT2D eigenvalue weighted by Gasteiger charge is -2.04. The Morgan fingerprint density at radius 2 is 2.18 bits per heavy atom. The van der Waals surface area contributed by atoms with Crippen molar-refractivity contribution in [2.45, 2.75) is 26.8 Å². The van der Waals surface area contributed by atoms with E-state index in [1.807, 2.05) is 36.3 Å². The van der Waals surface area contributed by atoms with E-state index in [0.717, 1.165) is 36.5 Å². The van der Waals surface area contributed by atoms with E-state index in [1.165, 1.54) is 0 Å². The molecule has 2 rings (SSSR count). The Hall–Kier alpha value is -1.91. The maximum absolute atomic E-state index is 10.9. The van der Waals surface area contributed by atoms with Crippen LogP contribution in [0.1, 0.15) is 27.6 Å². The van der Waals surface area contributed by atoms with E-state index in [-0.39, 0.29) is 0 Å². The van der Waals surface area contributed by atoms with Crippen molar-refractivity contribution in [2.75, 3.05) is 0 Å². The number of imidazole rings is 1. The van der Waals surface area contributed by atoms with Gasteiger partial charge in [-0.1, -0.05) is 0 Å². The highest BCUT2D eigenvalue weighted by Gasteiger charge is 2.10. The Morgan fingerprint density at radius 1 is 1.41 bits per heavy atom. The number of carbonyl (C=O) groups is 1. The second kappa shape index (κ2) is 4.53. The van der Waals surface area contributed by atoms with Crippen LogP contribution in [0.2, 0.25) is 0 Å². The molecule has 0 aromatic carbocycles. The summed E-state index contributed by atoms with van der Waals surface area (Å²) < 4.78 is 3.86. The number of aryl methyl sites for hydroxylation is 4. The molecule has 0 bridgehead atoms. The molecule has 0 aliphatic carbocycles. The van der Waals surface area contributed by atoms with E-state index in [4.69, 9.17) is 0 Å². The van der Waals surface area contributed by atoms with Gasteiger partial charge in [-0.2, -0.15) is 5.10 Å². The molecule has 0 saturated carbocycles. The predicted octanol–water partition coefficient (Wildman–Crippen LogP) is 1.29. The minimum Gasteiger partial charge on any atom is -0.338 e. The second-order valence-corrected chi connectivity index (χ2v) is 4.13. The maximum Gasteiger partial charge on any atom is 0.153 e. The van der Waals surface area contributed by atoms with Crippen LogP contribution in [0, 0.1) is 13.8 Å². The molecule has 0 N–H and O–H groups in total. The summed E-state index contributed by atoms with van der Waals surface area (Å²) in [6, 6.07) is 0. The third kappa shape index (κ3) is 2.13. The van der Waals surface area contributed by atoms with Crippen LogP contribution in [0.25, 0.3) is 0 Å². The summed E-state index contributed by atoms with van der Waals surface area (Å²) in [6.07, 6.45) is 5.39. The van der Waals surface area contributed by atoms with E-state index >= 15 is 0 Å². The van der Waals surface area contributed by atoms with Crippen molar-refractivity contribution < 1.29 is 4.79 Å². The largest absolute Gasteiger partial charge is 0.338 e. The lowest BCUT2D eigenvalue weighted by atomic mass is 10.2. The van der Waals surface area contributed by atoms with Gasteiger partial charge in [-0.3, -0.25) is 9.48 Å². The third-order valence-corrected chi connectivity index (χ3v) is 3.02. The molecule has 0 aliphatic rings. The van der Waals surface area contributed by atoms with E-state index in [2.05, 4.69) is 10.1 Å². The average Bonchev–Trinajstić information content (AvgIpc) is 2.81. The monoisotopic (exact) mass is 232 g/mol. The first-order chi connectivity index (χ1) is 8.13. The number of hydrogen-bond acceptors (Lipinski definition) is 3. The standard InChI is InChI=1S/C12H16N4O/c1-9-11(8-17)10(2)16(14-9)6-4-12-13-5-7-15(12)3/h5,7-8H,4,6H2,1-3H3. The van der Waals surface area contributed by atoms with Crippen LogP contribution >= 0.6 is 0 Å². The topological polar surface area (TPSA) is 52.7 Å². The first kappa shape index (κ1) is 11.6. The SMILES string of the molecule is Cc1nn(CCc2nccn2C)c(C)c1C=O. The molecule has 0 unspecified atom stereocenters. The molecule has 17 heavy (non-hydrogen) atoms. The van der Waals surface area contributed by atoms with Crippen LogP contribution < -0.4 is 0 Å². The van der Waals surface area contributed by atoms with Gasteiger partial charge in [0.05, 0.1) is 11.3 Å². The first-order valence-corrected chi connectivity index (χ1v) is 5.59. The second-order valence-electron chi connectivity index (χ2n) is 4.13. The average molecular weight is 232 g/mol. The number of aromatic nitrogens is 4. The van der Waals surface area contributed by atoms with E-state index < -0.39 is 0 Å². The fourth-order valence-electron chi connectivity index (χ4n) is 1.94. The Bertz CT molecular complexity index is 539. The maximum atomic E-state index is 10.9. The molecule has 0 fully saturated rings. The van der Waals surface area contributed by atoms with Gasteiger partial charge in [0, 0.05) is 38.1 Å².